The monoisotopic (exact) mass is 432 g/mol. The Morgan fingerprint density at radius 2 is 1.65 bits per heavy atom. The SMILES string of the molecule is O=C(NNC(=O)[C@@H](Cc1c[nH]c2ccccc12)NC(=O)c1cccs1)c1ccccc1. The van der Waals surface area contributed by atoms with Gasteiger partial charge in [0.25, 0.3) is 17.7 Å². The van der Waals surface area contributed by atoms with E-state index in [1.165, 1.54) is 11.3 Å². The van der Waals surface area contributed by atoms with E-state index >= 15 is 0 Å². The summed E-state index contributed by atoms with van der Waals surface area (Å²) in [6.07, 6.45) is 2.08. The van der Waals surface area contributed by atoms with Crippen LogP contribution in [0.15, 0.2) is 78.3 Å². The molecular weight excluding hydrogens is 412 g/mol. The molecule has 0 fully saturated rings. The van der Waals surface area contributed by atoms with Gasteiger partial charge in [0.1, 0.15) is 6.04 Å². The molecule has 4 N–H and O–H groups in total. The molecule has 4 rings (SSSR count). The lowest BCUT2D eigenvalue weighted by Gasteiger charge is -2.18. The number of fused-ring (bicyclic) bond motifs is 1. The summed E-state index contributed by atoms with van der Waals surface area (Å²) in [6, 6.07) is 18.9. The first-order valence-electron chi connectivity index (χ1n) is 9.66. The maximum Gasteiger partial charge on any atom is 0.269 e. The molecule has 2 heterocycles. The Kier molecular flexibility index (Phi) is 6.09. The maximum absolute atomic E-state index is 12.9. The van der Waals surface area contributed by atoms with Crippen LogP contribution in [0.4, 0.5) is 0 Å². The van der Waals surface area contributed by atoms with Crippen molar-refractivity contribution in [1.29, 1.82) is 0 Å². The van der Waals surface area contributed by atoms with E-state index in [-0.39, 0.29) is 12.3 Å². The molecule has 3 amide bonds. The molecule has 0 saturated heterocycles. The summed E-state index contributed by atoms with van der Waals surface area (Å²) >= 11 is 1.29. The van der Waals surface area contributed by atoms with Gasteiger partial charge in [0.2, 0.25) is 0 Å². The molecule has 156 valence electrons. The minimum Gasteiger partial charge on any atom is -0.361 e. The van der Waals surface area contributed by atoms with Crippen LogP contribution in [-0.4, -0.2) is 28.7 Å². The first-order chi connectivity index (χ1) is 15.1. The van der Waals surface area contributed by atoms with Crippen molar-refractivity contribution in [3.05, 3.63) is 94.3 Å². The van der Waals surface area contributed by atoms with Crippen molar-refractivity contribution in [2.45, 2.75) is 12.5 Å². The molecule has 4 aromatic rings. The van der Waals surface area contributed by atoms with Crippen LogP contribution in [0.3, 0.4) is 0 Å². The van der Waals surface area contributed by atoms with Crippen LogP contribution in [0.25, 0.3) is 10.9 Å². The Labute approximate surface area is 182 Å². The van der Waals surface area contributed by atoms with Crippen LogP contribution in [0.2, 0.25) is 0 Å². The smallest absolute Gasteiger partial charge is 0.269 e. The van der Waals surface area contributed by atoms with Gasteiger partial charge in [-0.3, -0.25) is 25.2 Å². The van der Waals surface area contributed by atoms with E-state index in [4.69, 9.17) is 0 Å². The molecule has 31 heavy (non-hydrogen) atoms. The van der Waals surface area contributed by atoms with E-state index in [1.807, 2.05) is 30.5 Å². The van der Waals surface area contributed by atoms with Crippen LogP contribution in [0, 0.1) is 0 Å². The number of carbonyl (C=O) groups excluding carboxylic acids is 3. The van der Waals surface area contributed by atoms with Crippen molar-refractivity contribution in [1.82, 2.24) is 21.2 Å². The topological polar surface area (TPSA) is 103 Å². The lowest BCUT2D eigenvalue weighted by Crippen LogP contribution is -2.53. The zero-order valence-corrected chi connectivity index (χ0v) is 17.2. The number of rotatable bonds is 6. The first-order valence-corrected chi connectivity index (χ1v) is 10.5. The van der Waals surface area contributed by atoms with Gasteiger partial charge in [-0.1, -0.05) is 42.5 Å². The molecular formula is C23H20N4O3S. The molecule has 0 aliphatic rings. The maximum atomic E-state index is 12.9. The number of amides is 3. The number of thiophene rings is 1. The van der Waals surface area contributed by atoms with Gasteiger partial charge in [0, 0.05) is 29.1 Å². The molecule has 0 aliphatic carbocycles. The highest BCUT2D eigenvalue weighted by Gasteiger charge is 2.24. The first kappa shape index (κ1) is 20.4. The second-order valence-corrected chi connectivity index (χ2v) is 7.82. The van der Waals surface area contributed by atoms with Gasteiger partial charge in [-0.25, -0.2) is 0 Å². The standard InChI is InChI=1S/C23H20N4O3S/c28-21(15-7-2-1-3-8-15)26-27-22(29)19(25-23(30)20-11-6-12-31-20)13-16-14-24-18-10-5-4-9-17(16)18/h1-12,14,19,24H,13H2,(H,25,30)(H,26,28)(H,27,29)/t19-/m1/s1. The van der Waals surface area contributed by atoms with Crippen molar-refractivity contribution < 1.29 is 14.4 Å². The Hall–Kier alpha value is -3.91. The van der Waals surface area contributed by atoms with Crippen molar-refractivity contribution in [3.8, 4) is 0 Å². The minimum atomic E-state index is -0.884. The van der Waals surface area contributed by atoms with Gasteiger partial charge >= 0.3 is 0 Å². The lowest BCUT2D eigenvalue weighted by molar-refractivity contribution is -0.123. The summed E-state index contributed by atoms with van der Waals surface area (Å²) in [7, 11) is 0. The van der Waals surface area contributed by atoms with Gasteiger partial charge in [-0.2, -0.15) is 0 Å². The summed E-state index contributed by atoms with van der Waals surface area (Å²) < 4.78 is 0. The Balaban J connectivity index is 1.50. The van der Waals surface area contributed by atoms with Crippen LogP contribution >= 0.6 is 11.3 Å². The second kappa shape index (κ2) is 9.27. The molecule has 0 aliphatic heterocycles. The van der Waals surface area contributed by atoms with Crippen molar-refractivity contribution >= 4 is 40.0 Å². The molecule has 0 bridgehead atoms. The van der Waals surface area contributed by atoms with E-state index < -0.39 is 17.9 Å². The fraction of sp³-hybridized carbons (Fsp3) is 0.0870. The highest BCUT2D eigenvalue weighted by molar-refractivity contribution is 7.12. The summed E-state index contributed by atoms with van der Waals surface area (Å²) in [5.41, 5.74) is 7.09. The van der Waals surface area contributed by atoms with Crippen LogP contribution in [0.1, 0.15) is 25.6 Å². The second-order valence-electron chi connectivity index (χ2n) is 6.88. The number of hydrazine groups is 1. The minimum absolute atomic E-state index is 0.258. The predicted molar refractivity (Wildman–Crippen MR) is 120 cm³/mol. The van der Waals surface area contributed by atoms with Gasteiger partial charge in [0.15, 0.2) is 0 Å². The van der Waals surface area contributed by atoms with E-state index in [0.717, 1.165) is 16.5 Å². The highest BCUT2D eigenvalue weighted by atomic mass is 32.1. The van der Waals surface area contributed by atoms with Crippen molar-refractivity contribution in [2.24, 2.45) is 0 Å². The molecule has 1 atom stereocenters. The quantitative estimate of drug-likeness (QED) is 0.352. The van der Waals surface area contributed by atoms with E-state index in [9.17, 15) is 14.4 Å². The summed E-state index contributed by atoms with van der Waals surface area (Å²) in [5, 5.41) is 5.55. The Bertz CT molecular complexity index is 1200. The van der Waals surface area contributed by atoms with Crippen LogP contribution < -0.4 is 16.2 Å². The molecule has 7 nitrogen and oxygen atoms in total. The Morgan fingerprint density at radius 1 is 0.871 bits per heavy atom. The molecule has 2 aromatic heterocycles. The third-order valence-electron chi connectivity index (χ3n) is 4.80. The van der Waals surface area contributed by atoms with E-state index in [2.05, 4.69) is 21.2 Å². The summed E-state index contributed by atoms with van der Waals surface area (Å²) in [5.74, 6) is -1.30. The van der Waals surface area contributed by atoms with E-state index in [1.54, 1.807) is 47.8 Å². The van der Waals surface area contributed by atoms with Gasteiger partial charge in [0.05, 0.1) is 4.88 Å². The molecule has 8 heteroatoms. The number of H-pyrrole nitrogens is 1. The number of benzene rings is 2. The molecule has 0 spiro atoms. The lowest BCUT2D eigenvalue weighted by atomic mass is 10.0. The highest BCUT2D eigenvalue weighted by Crippen LogP contribution is 2.19. The third kappa shape index (κ3) is 4.81. The van der Waals surface area contributed by atoms with Gasteiger partial charge < -0.3 is 10.3 Å². The van der Waals surface area contributed by atoms with Crippen LogP contribution in [0.5, 0.6) is 0 Å². The van der Waals surface area contributed by atoms with Crippen LogP contribution in [-0.2, 0) is 11.2 Å². The predicted octanol–water partition coefficient (Wildman–Crippen LogP) is 3.03. The average molecular weight is 433 g/mol. The number of carbonyl (C=O) groups is 3. The number of aromatic nitrogens is 1. The number of para-hydroxylation sites is 1. The fourth-order valence-electron chi connectivity index (χ4n) is 3.23. The summed E-state index contributed by atoms with van der Waals surface area (Å²) in [6.45, 7) is 0. The zero-order chi connectivity index (χ0) is 21.6. The molecule has 2 aromatic carbocycles. The van der Waals surface area contributed by atoms with E-state index in [0.29, 0.717) is 10.4 Å². The summed E-state index contributed by atoms with van der Waals surface area (Å²) in [4.78, 5) is 41.4. The molecule has 0 saturated carbocycles. The van der Waals surface area contributed by atoms with Gasteiger partial charge in [-0.15, -0.1) is 11.3 Å². The number of aromatic amines is 1. The van der Waals surface area contributed by atoms with Gasteiger partial charge in [-0.05, 0) is 35.2 Å². The van der Waals surface area contributed by atoms with Crippen molar-refractivity contribution in [3.63, 3.8) is 0 Å². The molecule has 0 radical (unpaired) electrons. The zero-order valence-electron chi connectivity index (χ0n) is 16.4. The Morgan fingerprint density at radius 3 is 2.42 bits per heavy atom. The number of hydrogen-bond donors (Lipinski definition) is 4. The normalized spacial score (nSPS) is 11.6. The largest absolute Gasteiger partial charge is 0.361 e. The van der Waals surface area contributed by atoms with Crippen molar-refractivity contribution in [2.75, 3.05) is 0 Å². The third-order valence-corrected chi connectivity index (χ3v) is 5.67. The number of hydrogen-bond acceptors (Lipinski definition) is 4. The number of nitrogens with one attached hydrogen (secondary N) is 4. The molecule has 0 unspecified atom stereocenters. The fourth-order valence-corrected chi connectivity index (χ4v) is 3.86. The average Bonchev–Trinajstić information content (AvgIpc) is 3.48.